The van der Waals surface area contributed by atoms with Crippen LogP contribution in [0.25, 0.3) is 0 Å². The first-order valence-corrected chi connectivity index (χ1v) is 7.44. The van der Waals surface area contributed by atoms with Gasteiger partial charge in [-0.2, -0.15) is 0 Å². The van der Waals surface area contributed by atoms with Crippen LogP contribution in [0.1, 0.15) is 37.3 Å². The number of para-hydroxylation sites is 1. The Kier molecular flexibility index (Phi) is 3.82. The molecule has 2 amide bonds. The van der Waals surface area contributed by atoms with E-state index in [0.717, 1.165) is 24.2 Å². The summed E-state index contributed by atoms with van der Waals surface area (Å²) < 4.78 is 5.71. The van der Waals surface area contributed by atoms with E-state index in [1.807, 2.05) is 24.3 Å². The van der Waals surface area contributed by atoms with Gasteiger partial charge in [-0.25, -0.2) is 0 Å². The van der Waals surface area contributed by atoms with Crippen LogP contribution >= 0.6 is 0 Å². The summed E-state index contributed by atoms with van der Waals surface area (Å²) in [6, 6.07) is 7.44. The van der Waals surface area contributed by atoms with Crippen molar-refractivity contribution in [3.8, 4) is 5.75 Å². The maximum absolute atomic E-state index is 12.4. The molecule has 1 fully saturated rings. The van der Waals surface area contributed by atoms with Crippen LogP contribution in [-0.4, -0.2) is 36.4 Å². The molecule has 1 aromatic carbocycles. The Morgan fingerprint density at radius 3 is 2.90 bits per heavy atom. The Morgan fingerprint density at radius 2 is 2.14 bits per heavy atom. The third-order valence-electron chi connectivity index (χ3n) is 4.30. The Morgan fingerprint density at radius 1 is 1.33 bits per heavy atom. The highest BCUT2D eigenvalue weighted by Gasteiger charge is 2.34. The first-order chi connectivity index (χ1) is 10.2. The van der Waals surface area contributed by atoms with Crippen molar-refractivity contribution >= 4 is 11.8 Å². The fourth-order valence-electron chi connectivity index (χ4n) is 3.05. The minimum atomic E-state index is -0.339. The number of carbonyl (C=O) groups is 2. The van der Waals surface area contributed by atoms with Crippen molar-refractivity contribution < 1.29 is 14.3 Å². The maximum Gasteiger partial charge on any atom is 0.243 e. The highest BCUT2D eigenvalue weighted by molar-refractivity contribution is 5.90. The van der Waals surface area contributed by atoms with Gasteiger partial charge in [-0.05, 0) is 25.3 Å². The molecule has 2 atom stereocenters. The van der Waals surface area contributed by atoms with Crippen molar-refractivity contribution in [1.82, 2.24) is 10.2 Å². The third-order valence-corrected chi connectivity index (χ3v) is 4.30. The van der Waals surface area contributed by atoms with Crippen LogP contribution in [0.15, 0.2) is 24.3 Å². The number of benzene rings is 1. The topological polar surface area (TPSA) is 58.6 Å². The summed E-state index contributed by atoms with van der Waals surface area (Å²) in [6.45, 7) is 0.672. The van der Waals surface area contributed by atoms with Gasteiger partial charge < -0.3 is 15.0 Å². The van der Waals surface area contributed by atoms with Gasteiger partial charge in [0.2, 0.25) is 11.8 Å². The molecule has 0 aromatic heterocycles. The monoisotopic (exact) mass is 288 g/mol. The van der Waals surface area contributed by atoms with Crippen molar-refractivity contribution in [2.75, 3.05) is 13.7 Å². The van der Waals surface area contributed by atoms with Gasteiger partial charge in [0.05, 0.1) is 12.6 Å². The van der Waals surface area contributed by atoms with Crippen molar-refractivity contribution in [3.63, 3.8) is 0 Å². The zero-order valence-corrected chi connectivity index (χ0v) is 12.2. The molecule has 1 saturated heterocycles. The average molecular weight is 288 g/mol. The van der Waals surface area contributed by atoms with Crippen LogP contribution in [0.4, 0.5) is 0 Å². The lowest BCUT2D eigenvalue weighted by Gasteiger charge is -2.24. The van der Waals surface area contributed by atoms with Gasteiger partial charge in [0, 0.05) is 19.0 Å². The zero-order valence-electron chi connectivity index (χ0n) is 12.2. The van der Waals surface area contributed by atoms with Gasteiger partial charge in [-0.1, -0.05) is 18.2 Å². The molecule has 0 bridgehead atoms. The average Bonchev–Trinajstić information content (AvgIpc) is 2.71. The number of carbonyl (C=O) groups excluding carboxylic acids is 2. The Labute approximate surface area is 124 Å². The molecule has 2 aliphatic rings. The number of likely N-dealkylation sites (tertiary alicyclic amines) is 1. The number of nitrogens with zero attached hydrogens (tertiary/aromatic N) is 1. The second-order valence-electron chi connectivity index (χ2n) is 5.65. The first kappa shape index (κ1) is 13.9. The molecule has 0 radical (unpaired) electrons. The maximum atomic E-state index is 12.4. The minimum absolute atomic E-state index is 0.0414. The lowest BCUT2D eigenvalue weighted by molar-refractivity contribution is -0.134. The van der Waals surface area contributed by atoms with E-state index in [0.29, 0.717) is 19.4 Å². The van der Waals surface area contributed by atoms with Crippen LogP contribution < -0.4 is 10.1 Å². The van der Waals surface area contributed by atoms with Crippen molar-refractivity contribution in [3.05, 3.63) is 29.8 Å². The lowest BCUT2D eigenvalue weighted by Crippen LogP contribution is -2.43. The molecule has 2 aliphatic heterocycles. The normalized spacial score (nSPS) is 25.0. The standard InChI is InChI=1S/C16H20N2O3/c1-18-13(8-9-15(18)19)16(20)17-12-6-4-10-21-14-7-3-2-5-11(12)14/h2-3,5,7,12-13H,4,6,8-10H2,1H3,(H,17,20)/t12-,13+/m0/s1. The lowest BCUT2D eigenvalue weighted by atomic mass is 10.0. The third kappa shape index (κ3) is 2.73. The molecule has 3 rings (SSSR count). The van der Waals surface area contributed by atoms with Crippen LogP contribution in [0.3, 0.4) is 0 Å². The Bertz CT molecular complexity index is 558. The number of likely N-dealkylation sites (N-methyl/N-ethyl adjacent to an activating group) is 1. The fourth-order valence-corrected chi connectivity index (χ4v) is 3.05. The summed E-state index contributed by atoms with van der Waals surface area (Å²) >= 11 is 0. The summed E-state index contributed by atoms with van der Waals surface area (Å²) in [5.74, 6) is 0.820. The number of fused-ring (bicyclic) bond motifs is 1. The minimum Gasteiger partial charge on any atom is -0.493 e. The number of hydrogen-bond acceptors (Lipinski definition) is 3. The predicted molar refractivity (Wildman–Crippen MR) is 77.8 cm³/mol. The summed E-state index contributed by atoms with van der Waals surface area (Å²) in [7, 11) is 1.70. The first-order valence-electron chi connectivity index (χ1n) is 7.44. The number of nitrogens with one attached hydrogen (secondary N) is 1. The fraction of sp³-hybridized carbons (Fsp3) is 0.500. The van der Waals surface area contributed by atoms with E-state index < -0.39 is 0 Å². The molecule has 5 nitrogen and oxygen atoms in total. The van der Waals surface area contributed by atoms with Crippen LogP contribution in [0, 0.1) is 0 Å². The van der Waals surface area contributed by atoms with Crippen LogP contribution in [0.2, 0.25) is 0 Å². The van der Waals surface area contributed by atoms with Crippen molar-refractivity contribution in [1.29, 1.82) is 0 Å². The molecule has 2 heterocycles. The molecular formula is C16H20N2O3. The smallest absolute Gasteiger partial charge is 0.243 e. The van der Waals surface area contributed by atoms with E-state index in [2.05, 4.69) is 5.32 Å². The molecule has 1 N–H and O–H groups in total. The van der Waals surface area contributed by atoms with Crippen molar-refractivity contribution in [2.24, 2.45) is 0 Å². The SMILES string of the molecule is CN1C(=O)CC[C@@H]1C(=O)N[C@H]1CCCOc2ccccc21. The second kappa shape index (κ2) is 5.76. The summed E-state index contributed by atoms with van der Waals surface area (Å²) in [4.78, 5) is 25.6. The number of ether oxygens (including phenoxy) is 1. The number of amides is 2. The molecule has 0 unspecified atom stereocenters. The highest BCUT2D eigenvalue weighted by atomic mass is 16.5. The van der Waals surface area contributed by atoms with E-state index in [1.165, 1.54) is 0 Å². The van der Waals surface area contributed by atoms with Gasteiger partial charge in [-0.3, -0.25) is 9.59 Å². The number of hydrogen-bond donors (Lipinski definition) is 1. The van der Waals surface area contributed by atoms with E-state index in [4.69, 9.17) is 4.74 Å². The van der Waals surface area contributed by atoms with Gasteiger partial charge in [0.15, 0.2) is 0 Å². The van der Waals surface area contributed by atoms with E-state index >= 15 is 0 Å². The molecule has 0 aliphatic carbocycles. The zero-order chi connectivity index (χ0) is 14.8. The van der Waals surface area contributed by atoms with E-state index in [9.17, 15) is 9.59 Å². The largest absolute Gasteiger partial charge is 0.493 e. The van der Waals surface area contributed by atoms with Crippen molar-refractivity contribution in [2.45, 2.75) is 37.8 Å². The second-order valence-corrected chi connectivity index (χ2v) is 5.65. The Hall–Kier alpha value is -2.04. The summed E-state index contributed by atoms with van der Waals surface area (Å²) in [5.41, 5.74) is 1.02. The number of rotatable bonds is 2. The molecule has 112 valence electrons. The van der Waals surface area contributed by atoms with Crippen LogP contribution in [0.5, 0.6) is 5.75 Å². The van der Waals surface area contributed by atoms with Crippen LogP contribution in [-0.2, 0) is 9.59 Å². The quantitative estimate of drug-likeness (QED) is 0.900. The molecule has 21 heavy (non-hydrogen) atoms. The van der Waals surface area contributed by atoms with E-state index in [-0.39, 0.29) is 23.9 Å². The molecule has 5 heteroatoms. The van der Waals surface area contributed by atoms with Gasteiger partial charge in [-0.15, -0.1) is 0 Å². The molecule has 0 saturated carbocycles. The highest BCUT2D eigenvalue weighted by Crippen LogP contribution is 2.31. The molecular weight excluding hydrogens is 268 g/mol. The van der Waals surface area contributed by atoms with Gasteiger partial charge >= 0.3 is 0 Å². The summed E-state index contributed by atoms with van der Waals surface area (Å²) in [6.07, 6.45) is 2.82. The Balaban J connectivity index is 1.75. The predicted octanol–water partition coefficient (Wildman–Crippen LogP) is 1.64. The van der Waals surface area contributed by atoms with E-state index in [1.54, 1.807) is 11.9 Å². The summed E-state index contributed by atoms with van der Waals surface area (Å²) in [5, 5.41) is 3.10. The van der Waals surface area contributed by atoms with Gasteiger partial charge in [0.25, 0.3) is 0 Å². The van der Waals surface area contributed by atoms with Gasteiger partial charge in [0.1, 0.15) is 11.8 Å². The molecule has 1 aromatic rings. The molecule has 0 spiro atoms.